The zero-order chi connectivity index (χ0) is 21.0. The second kappa shape index (κ2) is 15.6. The molecule has 0 aliphatic heterocycles. The van der Waals surface area contributed by atoms with Gasteiger partial charge in [-0.05, 0) is 40.7 Å². The van der Waals surface area contributed by atoms with Crippen LogP contribution in [-0.4, -0.2) is 17.0 Å². The van der Waals surface area contributed by atoms with Crippen molar-refractivity contribution in [3.05, 3.63) is 87.7 Å². The van der Waals surface area contributed by atoms with Crippen LogP contribution < -0.4 is 56.5 Å². The SMILES string of the molecule is CC(C)c1cccc(C(C)C)c1N=CC(=O)c1ccc(-c2ccccc2)[nH]c1=O.[Br-].[Br-].[Br-].[Fe+3]. The molecule has 2 aromatic carbocycles. The Labute approximate surface area is 237 Å². The third-order valence-electron chi connectivity index (χ3n) is 4.91. The van der Waals surface area contributed by atoms with Gasteiger partial charge in [-0.3, -0.25) is 14.6 Å². The molecule has 0 saturated heterocycles. The number of carbonyl (C=O) groups excluding carboxylic acids is 1. The fourth-order valence-electron chi connectivity index (χ4n) is 3.31. The van der Waals surface area contributed by atoms with E-state index in [0.29, 0.717) is 5.69 Å². The summed E-state index contributed by atoms with van der Waals surface area (Å²) in [6, 6.07) is 18.9. The Kier molecular flexibility index (Phi) is 16.0. The van der Waals surface area contributed by atoms with Crippen LogP contribution in [0.15, 0.2) is 70.5 Å². The molecule has 0 saturated carbocycles. The number of aromatic nitrogens is 1. The molecule has 3 rings (SSSR count). The molecule has 0 unspecified atom stereocenters. The van der Waals surface area contributed by atoms with E-state index in [4.69, 9.17) is 0 Å². The quantitative estimate of drug-likeness (QED) is 0.170. The Morgan fingerprint density at radius 2 is 1.36 bits per heavy atom. The van der Waals surface area contributed by atoms with E-state index in [2.05, 4.69) is 37.7 Å². The average Bonchev–Trinajstić information content (AvgIpc) is 2.72. The second-order valence-electron chi connectivity index (χ2n) is 7.70. The van der Waals surface area contributed by atoms with Gasteiger partial charge < -0.3 is 55.9 Å². The predicted molar refractivity (Wildman–Crippen MR) is 120 cm³/mol. The van der Waals surface area contributed by atoms with Crippen LogP contribution in [0.1, 0.15) is 61.0 Å². The van der Waals surface area contributed by atoms with Crippen LogP contribution in [0.4, 0.5) is 5.69 Å². The zero-order valence-corrected chi connectivity index (χ0v) is 24.6. The van der Waals surface area contributed by atoms with Gasteiger partial charge in [-0.15, -0.1) is 0 Å². The minimum absolute atomic E-state index is 0. The number of aliphatic imine (C=N–C) groups is 1. The summed E-state index contributed by atoms with van der Waals surface area (Å²) in [6.45, 7) is 8.42. The van der Waals surface area contributed by atoms with Crippen molar-refractivity contribution >= 4 is 17.7 Å². The molecule has 1 N–H and O–H groups in total. The molecule has 1 radical (unpaired) electrons. The fraction of sp³-hybridized carbons (Fsp3) is 0.240. The number of hydrogen-bond donors (Lipinski definition) is 1. The van der Waals surface area contributed by atoms with Crippen LogP contribution in [0, 0.1) is 0 Å². The Balaban J connectivity index is 0. The van der Waals surface area contributed by atoms with Gasteiger partial charge in [0.15, 0.2) is 0 Å². The maximum atomic E-state index is 12.7. The first-order valence-corrected chi connectivity index (χ1v) is 9.88. The number of H-pyrrole nitrogens is 1. The van der Waals surface area contributed by atoms with Crippen molar-refractivity contribution in [3.8, 4) is 11.3 Å². The molecule has 33 heavy (non-hydrogen) atoms. The van der Waals surface area contributed by atoms with Gasteiger partial charge in [0.25, 0.3) is 5.56 Å². The maximum Gasteiger partial charge on any atom is 3.00 e. The Morgan fingerprint density at radius 3 is 1.85 bits per heavy atom. The number of carbonyl (C=O) groups is 1. The standard InChI is InChI=1S/C25H26N2O2.3BrH.Fe/c1-16(2)19-11-8-12-20(17(3)4)24(19)26-15-23(28)21-13-14-22(27-25(21)29)18-9-6-5-7-10-18;;;;/h5-17H,1-4H3,(H,27,29);3*1H;/q;;;;+3/p-3. The summed E-state index contributed by atoms with van der Waals surface area (Å²) in [5.41, 5.74) is 4.25. The van der Waals surface area contributed by atoms with Gasteiger partial charge in [0.05, 0.1) is 17.5 Å². The summed E-state index contributed by atoms with van der Waals surface area (Å²) in [4.78, 5) is 32.5. The minimum atomic E-state index is -0.413. The topological polar surface area (TPSA) is 62.3 Å². The summed E-state index contributed by atoms with van der Waals surface area (Å²) in [6.07, 6.45) is 1.26. The molecule has 0 amide bonds. The number of halogens is 3. The molecule has 0 atom stereocenters. The Bertz CT molecular complexity index is 1090. The van der Waals surface area contributed by atoms with Gasteiger partial charge in [0.1, 0.15) is 0 Å². The molecule has 3 aromatic rings. The van der Waals surface area contributed by atoms with E-state index in [1.165, 1.54) is 6.21 Å². The van der Waals surface area contributed by atoms with Crippen LogP contribution in [-0.2, 0) is 17.1 Å². The number of nitrogens with zero attached hydrogens (tertiary/aromatic N) is 1. The Morgan fingerprint density at radius 1 is 0.818 bits per heavy atom. The van der Waals surface area contributed by atoms with E-state index in [9.17, 15) is 9.59 Å². The van der Waals surface area contributed by atoms with E-state index < -0.39 is 11.3 Å². The molecular formula is C25H26Br3FeN2O2. The number of rotatable bonds is 6. The van der Waals surface area contributed by atoms with Crippen molar-refractivity contribution in [2.75, 3.05) is 0 Å². The van der Waals surface area contributed by atoms with Crippen LogP contribution in [0.5, 0.6) is 0 Å². The minimum Gasteiger partial charge on any atom is -1.00 e. The van der Waals surface area contributed by atoms with E-state index in [1.807, 2.05) is 48.5 Å². The fourth-order valence-corrected chi connectivity index (χ4v) is 3.31. The average molecular weight is 682 g/mol. The van der Waals surface area contributed by atoms with Gasteiger partial charge in [-0.2, -0.15) is 0 Å². The van der Waals surface area contributed by atoms with Gasteiger partial charge in [0.2, 0.25) is 5.78 Å². The summed E-state index contributed by atoms with van der Waals surface area (Å²) < 4.78 is 0. The third kappa shape index (κ3) is 8.45. The van der Waals surface area contributed by atoms with Crippen molar-refractivity contribution in [1.82, 2.24) is 4.98 Å². The summed E-state index contributed by atoms with van der Waals surface area (Å²) >= 11 is 0. The maximum absolute atomic E-state index is 12.7. The summed E-state index contributed by atoms with van der Waals surface area (Å²) in [7, 11) is 0. The number of para-hydroxylation sites is 1. The first-order valence-electron chi connectivity index (χ1n) is 9.88. The van der Waals surface area contributed by atoms with Gasteiger partial charge in [0, 0.05) is 5.69 Å². The smallest absolute Gasteiger partial charge is 1.00 e. The molecule has 8 heteroatoms. The van der Waals surface area contributed by atoms with Crippen molar-refractivity contribution in [2.24, 2.45) is 4.99 Å². The normalized spacial score (nSPS) is 10.1. The Hall–Kier alpha value is -1.31. The molecule has 0 aliphatic carbocycles. The number of ketones is 1. The molecule has 0 spiro atoms. The summed E-state index contributed by atoms with van der Waals surface area (Å²) in [5.74, 6) is 0.160. The number of Topliss-reactive ketones (excluding diaryl/α,β-unsaturated/α-hetero) is 1. The molecule has 0 bridgehead atoms. The van der Waals surface area contributed by atoms with Crippen molar-refractivity contribution in [2.45, 2.75) is 39.5 Å². The van der Waals surface area contributed by atoms with E-state index in [-0.39, 0.29) is 85.4 Å². The first kappa shape index (κ1) is 33.9. The number of aromatic amines is 1. The summed E-state index contributed by atoms with van der Waals surface area (Å²) in [5, 5.41) is 0. The van der Waals surface area contributed by atoms with Crippen LogP contribution in [0.3, 0.4) is 0 Å². The largest absolute Gasteiger partial charge is 3.00 e. The van der Waals surface area contributed by atoms with Crippen molar-refractivity contribution in [1.29, 1.82) is 0 Å². The molecule has 4 nitrogen and oxygen atoms in total. The van der Waals surface area contributed by atoms with E-state index in [0.717, 1.165) is 22.4 Å². The van der Waals surface area contributed by atoms with E-state index in [1.54, 1.807) is 12.1 Å². The molecule has 0 fully saturated rings. The second-order valence-corrected chi connectivity index (χ2v) is 7.70. The molecular weight excluding hydrogens is 656 g/mol. The van der Waals surface area contributed by atoms with Gasteiger partial charge in [-0.1, -0.05) is 76.2 Å². The monoisotopic (exact) mass is 679 g/mol. The van der Waals surface area contributed by atoms with Crippen molar-refractivity contribution < 1.29 is 72.8 Å². The van der Waals surface area contributed by atoms with Crippen LogP contribution in [0.2, 0.25) is 0 Å². The van der Waals surface area contributed by atoms with E-state index >= 15 is 0 Å². The number of nitrogens with one attached hydrogen (secondary N) is 1. The molecule has 0 aliphatic rings. The third-order valence-corrected chi connectivity index (χ3v) is 4.91. The number of pyridine rings is 1. The number of hydrogen-bond acceptors (Lipinski definition) is 3. The van der Waals surface area contributed by atoms with Gasteiger partial charge >= 0.3 is 17.1 Å². The van der Waals surface area contributed by atoms with Gasteiger partial charge in [-0.25, -0.2) is 0 Å². The number of benzene rings is 2. The molecule has 1 heterocycles. The molecule has 1 aromatic heterocycles. The first-order chi connectivity index (χ1) is 13.9. The van der Waals surface area contributed by atoms with Crippen molar-refractivity contribution in [3.63, 3.8) is 0 Å². The van der Waals surface area contributed by atoms with Crippen LogP contribution in [0.25, 0.3) is 11.3 Å². The zero-order valence-electron chi connectivity index (χ0n) is 18.8. The van der Waals surface area contributed by atoms with Crippen LogP contribution >= 0.6 is 0 Å². The molecule has 177 valence electrons. The predicted octanol–water partition coefficient (Wildman–Crippen LogP) is -3.12.